The monoisotopic (exact) mass is 296 g/mol. The molecule has 1 aromatic rings. The standard InChI is InChI=1S/C13H17BrN2O/c1-9-7-11(14)3-4-12(9)13(17)16-6-5-15-10(2)8-16/h3-4,7,10,15H,5-6,8H2,1-2H3/t10-/m1/s1. The summed E-state index contributed by atoms with van der Waals surface area (Å²) in [6.45, 7) is 6.53. The van der Waals surface area contributed by atoms with Crippen LogP contribution in [0.5, 0.6) is 0 Å². The molecule has 1 aliphatic rings. The van der Waals surface area contributed by atoms with Gasteiger partial charge in [0.25, 0.3) is 5.91 Å². The van der Waals surface area contributed by atoms with Gasteiger partial charge in [-0.05, 0) is 37.6 Å². The molecular formula is C13H17BrN2O. The van der Waals surface area contributed by atoms with Crippen LogP contribution in [0.2, 0.25) is 0 Å². The van der Waals surface area contributed by atoms with Crippen molar-refractivity contribution in [2.75, 3.05) is 19.6 Å². The summed E-state index contributed by atoms with van der Waals surface area (Å²) in [5, 5.41) is 3.34. The summed E-state index contributed by atoms with van der Waals surface area (Å²) in [6.07, 6.45) is 0. The smallest absolute Gasteiger partial charge is 0.254 e. The van der Waals surface area contributed by atoms with Crippen molar-refractivity contribution < 1.29 is 4.79 Å². The van der Waals surface area contributed by atoms with Crippen LogP contribution in [0.15, 0.2) is 22.7 Å². The van der Waals surface area contributed by atoms with Gasteiger partial charge in [0.05, 0.1) is 0 Å². The molecule has 1 amide bonds. The SMILES string of the molecule is Cc1cc(Br)ccc1C(=O)N1CCN[C@H](C)C1. The van der Waals surface area contributed by atoms with Crippen molar-refractivity contribution in [2.24, 2.45) is 0 Å². The summed E-state index contributed by atoms with van der Waals surface area (Å²) < 4.78 is 1.01. The third kappa shape index (κ3) is 2.87. The largest absolute Gasteiger partial charge is 0.336 e. The Kier molecular flexibility index (Phi) is 3.84. The summed E-state index contributed by atoms with van der Waals surface area (Å²) in [5.41, 5.74) is 1.83. The van der Waals surface area contributed by atoms with Crippen molar-refractivity contribution in [1.29, 1.82) is 0 Å². The van der Waals surface area contributed by atoms with Crippen molar-refractivity contribution in [2.45, 2.75) is 19.9 Å². The molecule has 92 valence electrons. The Balaban J connectivity index is 2.18. The Bertz CT molecular complexity index is 433. The Labute approximate surface area is 110 Å². The van der Waals surface area contributed by atoms with Gasteiger partial charge in [-0.15, -0.1) is 0 Å². The molecule has 0 radical (unpaired) electrons. The quantitative estimate of drug-likeness (QED) is 0.862. The maximum absolute atomic E-state index is 12.4. The van der Waals surface area contributed by atoms with Crippen LogP contribution in [-0.4, -0.2) is 36.5 Å². The Morgan fingerprint density at radius 1 is 1.53 bits per heavy atom. The number of nitrogens with one attached hydrogen (secondary N) is 1. The van der Waals surface area contributed by atoms with Crippen molar-refractivity contribution in [1.82, 2.24) is 10.2 Å². The zero-order chi connectivity index (χ0) is 12.4. The third-order valence-electron chi connectivity index (χ3n) is 3.07. The first kappa shape index (κ1) is 12.6. The molecule has 1 aromatic carbocycles. The van der Waals surface area contributed by atoms with Gasteiger partial charge >= 0.3 is 0 Å². The van der Waals surface area contributed by atoms with Crippen LogP contribution in [0.25, 0.3) is 0 Å². The van der Waals surface area contributed by atoms with Crippen LogP contribution in [-0.2, 0) is 0 Å². The fourth-order valence-corrected chi connectivity index (χ4v) is 2.63. The molecule has 0 unspecified atom stereocenters. The first-order valence-electron chi connectivity index (χ1n) is 5.87. The van der Waals surface area contributed by atoms with Crippen LogP contribution < -0.4 is 5.32 Å². The van der Waals surface area contributed by atoms with Gasteiger partial charge in [-0.25, -0.2) is 0 Å². The number of carbonyl (C=O) groups is 1. The van der Waals surface area contributed by atoms with Gasteiger partial charge in [0.1, 0.15) is 0 Å². The average molecular weight is 297 g/mol. The molecule has 0 spiro atoms. The predicted octanol–water partition coefficient (Wildman–Crippen LogP) is 2.19. The molecule has 0 aliphatic carbocycles. The summed E-state index contributed by atoms with van der Waals surface area (Å²) in [7, 11) is 0. The number of carbonyl (C=O) groups excluding carboxylic acids is 1. The third-order valence-corrected chi connectivity index (χ3v) is 3.57. The van der Waals surface area contributed by atoms with E-state index in [4.69, 9.17) is 0 Å². The minimum Gasteiger partial charge on any atom is -0.336 e. The number of hydrogen-bond acceptors (Lipinski definition) is 2. The van der Waals surface area contributed by atoms with E-state index in [1.165, 1.54) is 0 Å². The topological polar surface area (TPSA) is 32.3 Å². The number of nitrogens with zero attached hydrogens (tertiary/aromatic N) is 1. The first-order valence-corrected chi connectivity index (χ1v) is 6.66. The first-order chi connectivity index (χ1) is 8.08. The Morgan fingerprint density at radius 2 is 2.29 bits per heavy atom. The van der Waals surface area contributed by atoms with E-state index in [1.54, 1.807) is 0 Å². The van der Waals surface area contributed by atoms with Crippen molar-refractivity contribution in [3.8, 4) is 0 Å². The van der Waals surface area contributed by atoms with Gasteiger partial charge in [0, 0.05) is 35.7 Å². The van der Waals surface area contributed by atoms with Gasteiger partial charge in [-0.3, -0.25) is 4.79 Å². The lowest BCUT2D eigenvalue weighted by Gasteiger charge is -2.32. The number of piperazine rings is 1. The van der Waals surface area contributed by atoms with Crippen LogP contribution in [0.1, 0.15) is 22.8 Å². The molecule has 4 heteroatoms. The second kappa shape index (κ2) is 5.19. The second-order valence-electron chi connectivity index (χ2n) is 4.57. The van der Waals surface area contributed by atoms with Gasteiger partial charge in [-0.2, -0.15) is 0 Å². The van der Waals surface area contributed by atoms with E-state index in [0.717, 1.165) is 35.2 Å². The van der Waals surface area contributed by atoms with Gasteiger partial charge in [0.2, 0.25) is 0 Å². The lowest BCUT2D eigenvalue weighted by atomic mass is 10.1. The molecule has 1 N–H and O–H groups in total. The Hall–Kier alpha value is -0.870. The highest BCUT2D eigenvalue weighted by Gasteiger charge is 2.22. The maximum Gasteiger partial charge on any atom is 0.254 e. The highest BCUT2D eigenvalue weighted by atomic mass is 79.9. The molecule has 17 heavy (non-hydrogen) atoms. The van der Waals surface area contributed by atoms with E-state index in [2.05, 4.69) is 28.2 Å². The van der Waals surface area contributed by atoms with Crippen LogP contribution in [0.3, 0.4) is 0 Å². The fourth-order valence-electron chi connectivity index (χ4n) is 2.15. The molecule has 1 atom stereocenters. The van der Waals surface area contributed by atoms with Crippen LogP contribution in [0.4, 0.5) is 0 Å². The van der Waals surface area contributed by atoms with Gasteiger partial charge < -0.3 is 10.2 Å². The number of rotatable bonds is 1. The molecule has 0 aromatic heterocycles. The number of benzene rings is 1. The Morgan fingerprint density at radius 3 is 2.94 bits per heavy atom. The average Bonchev–Trinajstić information content (AvgIpc) is 2.28. The van der Waals surface area contributed by atoms with Crippen molar-refractivity contribution >= 4 is 21.8 Å². The molecule has 1 heterocycles. The second-order valence-corrected chi connectivity index (χ2v) is 5.48. The fraction of sp³-hybridized carbons (Fsp3) is 0.462. The van der Waals surface area contributed by atoms with E-state index >= 15 is 0 Å². The highest BCUT2D eigenvalue weighted by molar-refractivity contribution is 9.10. The molecule has 1 saturated heterocycles. The number of amides is 1. The number of halogens is 1. The summed E-state index contributed by atoms with van der Waals surface area (Å²) in [6, 6.07) is 6.18. The normalized spacial score (nSPS) is 20.4. The van der Waals surface area contributed by atoms with Crippen LogP contribution in [0, 0.1) is 6.92 Å². The molecule has 2 rings (SSSR count). The highest BCUT2D eigenvalue weighted by Crippen LogP contribution is 2.18. The number of aryl methyl sites for hydroxylation is 1. The number of hydrogen-bond donors (Lipinski definition) is 1. The lowest BCUT2D eigenvalue weighted by molar-refractivity contribution is 0.0708. The molecule has 1 aliphatic heterocycles. The minimum absolute atomic E-state index is 0.142. The van der Waals surface area contributed by atoms with Crippen LogP contribution >= 0.6 is 15.9 Å². The van der Waals surface area contributed by atoms with E-state index in [-0.39, 0.29) is 5.91 Å². The molecule has 3 nitrogen and oxygen atoms in total. The van der Waals surface area contributed by atoms with E-state index in [0.29, 0.717) is 6.04 Å². The lowest BCUT2D eigenvalue weighted by Crippen LogP contribution is -2.51. The molecular weight excluding hydrogens is 280 g/mol. The summed E-state index contributed by atoms with van der Waals surface area (Å²) in [4.78, 5) is 14.3. The zero-order valence-electron chi connectivity index (χ0n) is 10.2. The maximum atomic E-state index is 12.4. The minimum atomic E-state index is 0.142. The van der Waals surface area contributed by atoms with E-state index in [9.17, 15) is 4.79 Å². The van der Waals surface area contributed by atoms with Gasteiger partial charge in [-0.1, -0.05) is 15.9 Å². The van der Waals surface area contributed by atoms with Gasteiger partial charge in [0.15, 0.2) is 0 Å². The predicted molar refractivity (Wildman–Crippen MR) is 72.2 cm³/mol. The summed E-state index contributed by atoms with van der Waals surface area (Å²) in [5.74, 6) is 0.142. The zero-order valence-corrected chi connectivity index (χ0v) is 11.8. The molecule has 1 fully saturated rings. The summed E-state index contributed by atoms with van der Waals surface area (Å²) >= 11 is 3.42. The van der Waals surface area contributed by atoms with E-state index in [1.807, 2.05) is 30.0 Å². The van der Waals surface area contributed by atoms with E-state index < -0.39 is 0 Å². The molecule has 0 saturated carbocycles. The van der Waals surface area contributed by atoms with Crippen molar-refractivity contribution in [3.63, 3.8) is 0 Å². The molecule has 0 bridgehead atoms. The van der Waals surface area contributed by atoms with Crippen molar-refractivity contribution in [3.05, 3.63) is 33.8 Å².